The molecule has 6 heterocycles. The minimum Gasteiger partial charge on any atom is -0.870 e. The van der Waals surface area contributed by atoms with Crippen molar-refractivity contribution in [2.45, 2.75) is 112 Å². The molecule has 48 heteroatoms. The van der Waals surface area contributed by atoms with Gasteiger partial charge in [0, 0.05) is 4.57 Å². The molecule has 0 bridgehead atoms. The Labute approximate surface area is 496 Å². The van der Waals surface area contributed by atoms with Crippen LogP contribution in [0.4, 0.5) is 17.8 Å². The topological polar surface area (TPSA) is 673 Å². The number of hydrogen-bond acceptors (Lipinski definition) is 29. The average Bonchev–Trinajstić information content (AvgIpc) is 2.17. The number of nitrogens with two attached hydrogens (primary N) is 3. The standard InChI is InChI=1S/C12H17ClN5O6P.C12H18N5O12P3.C12H18N5O7P.Na.H2O/c1-12(20)6(2-5(8(12)19)24-4-25(21,22)23)18-3-15-7-9(13)16-11(14)17-10(7)18;1-12(20)6(17-3-14-7-9(17)15-11(13)16-10(7)19)2-5(8(12)18)27-4-31(22,23)28-30(21)29-32(24,25)26;1-12(20)6(2-5(8(12)18)24-4-25(21,22)23)17-3-14-7-9(17)15-11(13)16-10(7)19;;/h3,5-6,8,19-20H,2,4H2,1H3,(H2,14,16,17)(H2,21,22,23);3,5-6,8,18,20H,2,4H2,1H3,(H5-,13,15,16,19,22,23,24,25,26);3,5-6,8,18,20H,2,4H2,1H3,(H2,21,22,23)(H3,13,15,16,19);;1H2/q;;;+1;/t3*5-,6+,8+,12-;;/m000../s1. The average molecular weight is 1330 g/mol. The van der Waals surface area contributed by atoms with Crippen molar-refractivity contribution in [3.8, 4) is 0 Å². The molecule has 3 saturated carbocycles. The smallest absolute Gasteiger partial charge is 0.870 e. The van der Waals surface area contributed by atoms with Crippen molar-refractivity contribution in [1.29, 1.82) is 0 Å². The van der Waals surface area contributed by atoms with Crippen LogP contribution < -0.4 is 57.9 Å². The van der Waals surface area contributed by atoms with E-state index in [9.17, 15) is 67.9 Å². The summed E-state index contributed by atoms with van der Waals surface area (Å²) in [6, 6.07) is -2.50. The number of imidazole rings is 3. The maximum absolute atomic E-state index is 12.0. The van der Waals surface area contributed by atoms with Gasteiger partial charge in [0.1, 0.15) is 53.3 Å². The van der Waals surface area contributed by atoms with Crippen molar-refractivity contribution in [2.75, 3.05) is 36.2 Å². The number of nitrogen functional groups attached to an aromatic ring is 3. The number of aromatic amines is 2. The first-order valence-corrected chi connectivity index (χ1v) is 31.5. The van der Waals surface area contributed by atoms with Gasteiger partial charge in [-0.25, -0.2) is 19.5 Å². The van der Waals surface area contributed by atoms with Gasteiger partial charge >= 0.3 is 68.4 Å². The summed E-state index contributed by atoms with van der Waals surface area (Å²) in [7, 11) is -22.6. The molecule has 0 saturated heterocycles. The molecular weight excluding hydrogens is 1270 g/mol. The molecule has 6 aromatic heterocycles. The predicted molar refractivity (Wildman–Crippen MR) is 278 cm³/mol. The third kappa shape index (κ3) is 15.9. The van der Waals surface area contributed by atoms with Crippen molar-refractivity contribution in [3.05, 3.63) is 44.8 Å². The molecule has 0 spiro atoms. The molecule has 22 N–H and O–H groups in total. The van der Waals surface area contributed by atoms with E-state index in [0.29, 0.717) is 0 Å². The predicted octanol–water partition coefficient (Wildman–Crippen LogP) is -6.18. The van der Waals surface area contributed by atoms with Crippen molar-refractivity contribution in [2.24, 2.45) is 0 Å². The van der Waals surface area contributed by atoms with Gasteiger partial charge in [0.2, 0.25) is 17.8 Å². The van der Waals surface area contributed by atoms with Crippen LogP contribution in [0.5, 0.6) is 0 Å². The Bertz CT molecular complexity index is 3700. The maximum Gasteiger partial charge on any atom is 1.00 e. The van der Waals surface area contributed by atoms with Crippen LogP contribution in [0.1, 0.15) is 58.2 Å². The fourth-order valence-corrected chi connectivity index (χ4v) is 12.9. The number of H-pyrrole nitrogens is 2. The van der Waals surface area contributed by atoms with E-state index in [1.807, 2.05) is 0 Å². The van der Waals surface area contributed by atoms with Crippen LogP contribution in [0.3, 0.4) is 0 Å². The molecule has 9 rings (SSSR count). The largest absolute Gasteiger partial charge is 1.00 e. The van der Waals surface area contributed by atoms with E-state index in [1.165, 1.54) is 53.5 Å². The second-order valence-corrected chi connectivity index (χ2v) is 27.2. The van der Waals surface area contributed by atoms with Gasteiger partial charge in [-0.1, -0.05) is 11.6 Å². The molecule has 6 aromatic rings. The minimum atomic E-state index is -5.24. The first-order valence-electron chi connectivity index (χ1n) is 23.1. The number of fused-ring (bicyclic) bond motifs is 3. The number of aliphatic hydroxyl groups excluding tert-OH is 3. The van der Waals surface area contributed by atoms with Crippen LogP contribution in [-0.2, 0) is 45.7 Å². The van der Waals surface area contributed by atoms with Gasteiger partial charge in [-0.2, -0.15) is 19.9 Å². The number of aliphatic hydroxyl groups is 6. The molecule has 0 radical (unpaired) electrons. The quantitative estimate of drug-likeness (QED) is 0.0244. The van der Waals surface area contributed by atoms with E-state index >= 15 is 0 Å². The van der Waals surface area contributed by atoms with Gasteiger partial charge < -0.3 is 115 Å². The minimum absolute atomic E-state index is 0. The molecule has 84 heavy (non-hydrogen) atoms. The van der Waals surface area contributed by atoms with Crippen molar-refractivity contribution in [1.82, 2.24) is 58.6 Å². The molecule has 0 aliphatic heterocycles. The summed E-state index contributed by atoms with van der Waals surface area (Å²) in [5.74, 6) is -0.418. The molecule has 2 unspecified atom stereocenters. The van der Waals surface area contributed by atoms with Gasteiger partial charge in [-0.3, -0.25) is 33.3 Å². The van der Waals surface area contributed by atoms with Crippen LogP contribution in [-0.4, -0.2) is 201 Å². The Balaban J connectivity index is 0.000000230. The monoisotopic (exact) mass is 1330 g/mol. The van der Waals surface area contributed by atoms with Gasteiger partial charge in [0.25, 0.3) is 11.1 Å². The van der Waals surface area contributed by atoms with Crippen molar-refractivity contribution < 1.29 is 146 Å². The summed E-state index contributed by atoms with van der Waals surface area (Å²) in [5.41, 5.74) is 10.9. The second-order valence-electron chi connectivity index (χ2n) is 19.4. The summed E-state index contributed by atoms with van der Waals surface area (Å²) >= 11 is 5.98. The summed E-state index contributed by atoms with van der Waals surface area (Å²) in [4.78, 5) is 119. The first kappa shape index (κ1) is 71.0. The zero-order valence-corrected chi connectivity index (χ0v) is 50.9. The summed E-state index contributed by atoms with van der Waals surface area (Å²) in [6.45, 7) is 4.00. The Morgan fingerprint density at radius 2 is 0.940 bits per heavy atom. The van der Waals surface area contributed by atoms with Crippen molar-refractivity contribution in [3.63, 3.8) is 0 Å². The van der Waals surface area contributed by atoms with Crippen LogP contribution in [0, 0.1) is 0 Å². The van der Waals surface area contributed by atoms with Crippen LogP contribution in [0.15, 0.2) is 28.6 Å². The van der Waals surface area contributed by atoms with E-state index in [4.69, 9.17) is 72.4 Å². The second kappa shape index (κ2) is 26.1. The summed E-state index contributed by atoms with van der Waals surface area (Å²) < 4.78 is 83.1. The number of anilines is 3. The van der Waals surface area contributed by atoms with Crippen LogP contribution in [0.2, 0.25) is 5.15 Å². The fraction of sp³-hybridized carbons (Fsp3) is 0.583. The zero-order chi connectivity index (χ0) is 61.2. The van der Waals surface area contributed by atoms with Crippen molar-refractivity contribution >= 4 is 102 Å². The van der Waals surface area contributed by atoms with Crippen LogP contribution >= 0.6 is 50.5 Å². The SMILES string of the molecule is C[C@@]1(O)[C@H](O)[C@@H](OCP(=O)(O)O)C[C@H]1n1cnc2c(=O)[nH]c(N)nc21.C[C@@]1(O)[C@H](O)[C@@H](OCP(=O)(O)O)C[C@H]1n1cnc2c(Cl)nc(N)nc21.C[C@@]1(O)[C@H](O)[C@@H](OCP(=O)(O)O[P+](=O)OP(=O)(O)O)C[C@H]1n1cnc2c(=O)[nH]c(N)nc21.[Na+].[OH-]. The first-order chi connectivity index (χ1) is 37.6. The number of phosphoric acid groups is 1. The molecule has 41 nitrogen and oxygen atoms in total. The zero-order valence-electron chi connectivity index (χ0n) is 43.6. The molecule has 0 amide bonds. The maximum atomic E-state index is 12.0. The van der Waals surface area contributed by atoms with Gasteiger partial charge in [-0.05, 0) is 48.7 Å². The Morgan fingerprint density at radius 1 is 0.607 bits per heavy atom. The number of nitrogens with zero attached hydrogens (tertiary/aromatic N) is 10. The summed E-state index contributed by atoms with van der Waals surface area (Å²) in [5, 5.41) is 63.4. The van der Waals surface area contributed by atoms with Gasteiger partial charge in [-0.15, -0.1) is 0 Å². The molecular formula is C36H55ClN15NaO26P5+. The van der Waals surface area contributed by atoms with E-state index < -0.39 is 141 Å². The number of halogens is 1. The number of hydrogen-bond donors (Lipinski definition) is 18. The summed E-state index contributed by atoms with van der Waals surface area (Å²) in [6.07, 6.45) is -6.76. The molecule has 3 aliphatic rings. The Morgan fingerprint density at radius 3 is 1.29 bits per heavy atom. The molecule has 462 valence electrons. The number of rotatable bonds is 16. The van der Waals surface area contributed by atoms with E-state index in [2.05, 4.69) is 53.5 Å². The normalized spacial score (nSPS) is 28.9. The van der Waals surface area contributed by atoms with E-state index in [-0.39, 0.29) is 111 Å². The third-order valence-electron chi connectivity index (χ3n) is 13.3. The van der Waals surface area contributed by atoms with E-state index in [1.54, 1.807) is 0 Å². The van der Waals surface area contributed by atoms with E-state index in [0.717, 1.165) is 0 Å². The Hall–Kier alpha value is -3.80. The Kier molecular flexibility index (Phi) is 22.1. The van der Waals surface area contributed by atoms with Gasteiger partial charge in [0.05, 0.1) is 55.4 Å². The molecule has 3 aliphatic carbocycles. The number of ether oxygens (including phenoxy) is 3. The fourth-order valence-electron chi connectivity index (χ4n) is 9.42. The molecule has 3 fully saturated rings. The number of aromatic nitrogens is 12. The molecule has 14 atom stereocenters. The van der Waals surface area contributed by atoms with Gasteiger partial charge in [0.15, 0.2) is 39.5 Å². The number of nitrogens with one attached hydrogen (secondary N) is 2. The third-order valence-corrected chi connectivity index (χ3v) is 17.9. The van der Waals surface area contributed by atoms with Crippen LogP contribution in [0.25, 0.3) is 33.5 Å². The molecule has 0 aromatic carbocycles.